The Morgan fingerprint density at radius 2 is 1.00 bits per heavy atom. The summed E-state index contributed by atoms with van der Waals surface area (Å²) < 4.78 is 8.61. The van der Waals surface area contributed by atoms with Crippen LogP contribution in [0.4, 0.5) is 0 Å². The standard InChI is InChI=1S/2C7H12O3/c2*1-3-4-6(8)5-7(9)10-2/h2*3-5H2,1-2H3. The van der Waals surface area contributed by atoms with Crippen LogP contribution in [-0.4, -0.2) is 37.7 Å². The first-order valence-corrected chi connectivity index (χ1v) is 6.58. The third-order valence-electron chi connectivity index (χ3n) is 2.20. The zero-order valence-electron chi connectivity index (χ0n) is 12.7. The highest BCUT2D eigenvalue weighted by molar-refractivity contribution is 5.95. The minimum absolute atomic E-state index is 0.0469. The van der Waals surface area contributed by atoms with Crippen molar-refractivity contribution in [1.82, 2.24) is 0 Å². The SMILES string of the molecule is CCCC(=O)CC(=O)OC.CCCC(=O)CC(=O)OC. The van der Waals surface area contributed by atoms with Crippen LogP contribution < -0.4 is 0 Å². The van der Waals surface area contributed by atoms with Crippen molar-refractivity contribution in [3.63, 3.8) is 0 Å². The molecule has 0 aromatic carbocycles. The van der Waals surface area contributed by atoms with E-state index >= 15 is 0 Å². The number of carbonyl (C=O) groups is 4. The van der Waals surface area contributed by atoms with Gasteiger partial charge in [-0.15, -0.1) is 0 Å². The molecule has 116 valence electrons. The number of hydrogen-bond donors (Lipinski definition) is 0. The Bertz CT molecular complexity index is 290. The Labute approximate surface area is 119 Å². The minimum atomic E-state index is -0.446. The van der Waals surface area contributed by atoms with Gasteiger partial charge in [-0.05, 0) is 12.8 Å². The van der Waals surface area contributed by atoms with Gasteiger partial charge in [0.25, 0.3) is 0 Å². The van der Waals surface area contributed by atoms with Crippen LogP contribution in [0.5, 0.6) is 0 Å². The van der Waals surface area contributed by atoms with Gasteiger partial charge in [-0.3, -0.25) is 19.2 Å². The first kappa shape index (κ1) is 20.6. The monoisotopic (exact) mass is 288 g/mol. The fraction of sp³-hybridized carbons (Fsp3) is 0.714. The van der Waals surface area contributed by atoms with Crippen LogP contribution in [0, 0.1) is 0 Å². The summed E-state index contributed by atoms with van der Waals surface area (Å²) >= 11 is 0. The number of esters is 2. The molecule has 0 saturated carbocycles. The van der Waals surface area contributed by atoms with Gasteiger partial charge in [-0.25, -0.2) is 0 Å². The molecule has 20 heavy (non-hydrogen) atoms. The Hall–Kier alpha value is -1.72. The van der Waals surface area contributed by atoms with Crippen LogP contribution in [-0.2, 0) is 28.7 Å². The number of hydrogen-bond acceptors (Lipinski definition) is 6. The molecule has 0 atom stereocenters. The molecule has 0 aliphatic rings. The maximum atomic E-state index is 10.7. The van der Waals surface area contributed by atoms with E-state index in [9.17, 15) is 19.2 Å². The van der Waals surface area contributed by atoms with E-state index in [4.69, 9.17) is 0 Å². The minimum Gasteiger partial charge on any atom is -0.469 e. The fourth-order valence-electron chi connectivity index (χ4n) is 1.20. The maximum Gasteiger partial charge on any atom is 0.313 e. The van der Waals surface area contributed by atoms with E-state index < -0.39 is 11.9 Å². The lowest BCUT2D eigenvalue weighted by atomic mass is 10.2. The molecule has 0 bridgehead atoms. The van der Waals surface area contributed by atoms with E-state index in [1.54, 1.807) is 0 Å². The number of methoxy groups -OCH3 is 2. The van der Waals surface area contributed by atoms with E-state index in [0.717, 1.165) is 12.8 Å². The van der Waals surface area contributed by atoms with Gasteiger partial charge in [-0.2, -0.15) is 0 Å². The predicted octanol–water partition coefficient (Wildman–Crippen LogP) is 1.84. The highest BCUT2D eigenvalue weighted by Gasteiger charge is 2.07. The van der Waals surface area contributed by atoms with Crippen molar-refractivity contribution >= 4 is 23.5 Å². The normalized spacial score (nSPS) is 9.00. The zero-order valence-corrected chi connectivity index (χ0v) is 12.7. The molecular weight excluding hydrogens is 264 g/mol. The molecule has 0 fully saturated rings. The lowest BCUT2D eigenvalue weighted by Gasteiger charge is -1.95. The van der Waals surface area contributed by atoms with Crippen molar-refractivity contribution in [2.75, 3.05) is 14.2 Å². The van der Waals surface area contributed by atoms with E-state index in [0.29, 0.717) is 12.8 Å². The molecule has 0 aromatic heterocycles. The largest absolute Gasteiger partial charge is 0.469 e. The summed E-state index contributed by atoms with van der Waals surface area (Å²) in [4.78, 5) is 42.3. The second kappa shape index (κ2) is 13.7. The average Bonchev–Trinajstić information content (AvgIpc) is 2.39. The number of ketones is 2. The quantitative estimate of drug-likeness (QED) is 0.500. The van der Waals surface area contributed by atoms with Crippen molar-refractivity contribution in [3.8, 4) is 0 Å². The molecule has 0 aliphatic heterocycles. The molecule has 0 amide bonds. The van der Waals surface area contributed by atoms with Gasteiger partial charge in [0.05, 0.1) is 14.2 Å². The first-order valence-electron chi connectivity index (χ1n) is 6.58. The summed E-state index contributed by atoms with van der Waals surface area (Å²) in [5.41, 5.74) is 0. The van der Waals surface area contributed by atoms with Crippen molar-refractivity contribution in [2.24, 2.45) is 0 Å². The molecule has 0 aromatic rings. The van der Waals surface area contributed by atoms with Crippen LogP contribution in [0.25, 0.3) is 0 Å². The first-order chi connectivity index (χ1) is 9.40. The number of carbonyl (C=O) groups excluding carboxylic acids is 4. The highest BCUT2D eigenvalue weighted by atomic mass is 16.5. The van der Waals surface area contributed by atoms with E-state index in [1.165, 1.54) is 14.2 Å². The Morgan fingerprint density at radius 3 is 1.20 bits per heavy atom. The van der Waals surface area contributed by atoms with Gasteiger partial charge >= 0.3 is 11.9 Å². The Kier molecular flexibility index (Phi) is 14.1. The molecule has 0 aliphatic carbocycles. The predicted molar refractivity (Wildman–Crippen MR) is 73.1 cm³/mol. The summed E-state index contributed by atoms with van der Waals surface area (Å²) in [5, 5.41) is 0. The van der Waals surface area contributed by atoms with Crippen LogP contribution in [0.15, 0.2) is 0 Å². The summed E-state index contributed by atoms with van der Waals surface area (Å²) in [6.07, 6.45) is 2.35. The maximum absolute atomic E-state index is 10.7. The van der Waals surface area contributed by atoms with Gasteiger partial charge in [0.1, 0.15) is 24.4 Å². The van der Waals surface area contributed by atoms with Gasteiger partial charge in [0.2, 0.25) is 0 Å². The topological polar surface area (TPSA) is 86.7 Å². The van der Waals surface area contributed by atoms with Crippen molar-refractivity contribution < 1.29 is 28.7 Å². The summed E-state index contributed by atoms with van der Waals surface area (Å²) in [6.45, 7) is 3.80. The van der Waals surface area contributed by atoms with Crippen LogP contribution >= 0.6 is 0 Å². The molecule has 0 radical (unpaired) electrons. The van der Waals surface area contributed by atoms with Crippen molar-refractivity contribution in [3.05, 3.63) is 0 Å². The third kappa shape index (κ3) is 14.3. The Morgan fingerprint density at radius 1 is 0.700 bits per heavy atom. The summed E-state index contributed by atoms with van der Waals surface area (Å²) in [7, 11) is 2.56. The third-order valence-corrected chi connectivity index (χ3v) is 2.20. The number of Topliss-reactive ketones (excluding diaryl/α,β-unsaturated/α-hetero) is 2. The number of rotatable bonds is 8. The molecule has 0 heterocycles. The molecule has 0 rings (SSSR count). The van der Waals surface area contributed by atoms with Gasteiger partial charge in [0.15, 0.2) is 0 Å². The summed E-state index contributed by atoms with van der Waals surface area (Å²) in [6, 6.07) is 0. The van der Waals surface area contributed by atoms with Crippen LogP contribution in [0.3, 0.4) is 0 Å². The summed E-state index contributed by atoms with van der Waals surface area (Å²) in [5.74, 6) is -0.986. The molecule has 6 heteroatoms. The van der Waals surface area contributed by atoms with Gasteiger partial charge in [-0.1, -0.05) is 13.8 Å². The lowest BCUT2D eigenvalue weighted by Crippen LogP contribution is -2.08. The van der Waals surface area contributed by atoms with E-state index in [2.05, 4.69) is 9.47 Å². The molecule has 0 saturated heterocycles. The highest BCUT2D eigenvalue weighted by Crippen LogP contribution is 1.95. The zero-order chi connectivity index (χ0) is 16.0. The van der Waals surface area contributed by atoms with E-state index in [1.807, 2.05) is 13.8 Å². The van der Waals surface area contributed by atoms with Gasteiger partial charge < -0.3 is 9.47 Å². The second-order valence-corrected chi connectivity index (χ2v) is 4.08. The molecular formula is C14H24O6. The smallest absolute Gasteiger partial charge is 0.313 e. The van der Waals surface area contributed by atoms with Crippen LogP contribution in [0.1, 0.15) is 52.4 Å². The van der Waals surface area contributed by atoms with Gasteiger partial charge in [0, 0.05) is 12.8 Å². The molecule has 6 nitrogen and oxygen atoms in total. The molecule has 0 unspecified atom stereocenters. The average molecular weight is 288 g/mol. The van der Waals surface area contributed by atoms with Crippen LogP contribution in [0.2, 0.25) is 0 Å². The number of ether oxygens (including phenoxy) is 2. The van der Waals surface area contributed by atoms with Crippen molar-refractivity contribution in [1.29, 1.82) is 0 Å². The fourth-order valence-corrected chi connectivity index (χ4v) is 1.20. The molecule has 0 N–H and O–H groups in total. The van der Waals surface area contributed by atoms with Crippen molar-refractivity contribution in [2.45, 2.75) is 52.4 Å². The lowest BCUT2D eigenvalue weighted by molar-refractivity contribution is -0.144. The second-order valence-electron chi connectivity index (χ2n) is 4.08. The van der Waals surface area contributed by atoms with E-state index in [-0.39, 0.29) is 24.4 Å². The Balaban J connectivity index is 0. The molecule has 0 spiro atoms.